The van der Waals surface area contributed by atoms with Crippen molar-refractivity contribution in [1.29, 1.82) is 0 Å². The molecule has 0 aliphatic rings. The molecule has 5 heteroatoms. The topological polar surface area (TPSA) is 50.7 Å². The standard InChI is InChI=1S/C10H12N4.C5H12.CH3Br/c1-6-4-7(2)9-8(5-6)13-14-10(11-3)12-9;1-3-5-4-2;1-2/h4-5H,1-3H3,(H,11,12,14);3-5H2,1-2H3;1H3. The molecule has 1 aromatic carbocycles. The Balaban J connectivity index is 0.000000489. The number of rotatable bonds is 3. The fourth-order valence-corrected chi connectivity index (χ4v) is 1.85. The van der Waals surface area contributed by atoms with E-state index in [4.69, 9.17) is 0 Å². The lowest BCUT2D eigenvalue weighted by atomic mass is 10.1. The Bertz CT molecular complexity index is 527. The van der Waals surface area contributed by atoms with Gasteiger partial charge in [-0.15, -0.1) is 10.2 Å². The van der Waals surface area contributed by atoms with Crippen LogP contribution in [0.25, 0.3) is 11.0 Å². The highest BCUT2D eigenvalue weighted by atomic mass is 79.9. The zero-order chi connectivity index (χ0) is 16.3. The first-order valence-electron chi connectivity index (χ1n) is 7.29. The average molecular weight is 355 g/mol. The molecule has 0 saturated carbocycles. The highest BCUT2D eigenvalue weighted by Crippen LogP contribution is 2.16. The molecular weight excluding hydrogens is 328 g/mol. The predicted octanol–water partition coefficient (Wildman–Crippen LogP) is 4.89. The molecule has 2 aromatic rings. The van der Waals surface area contributed by atoms with Gasteiger partial charge in [-0.3, -0.25) is 0 Å². The highest BCUT2D eigenvalue weighted by Gasteiger charge is 2.03. The largest absolute Gasteiger partial charge is 0.356 e. The SMILES string of the molecule is CBr.CCCCC.CNc1nnc2cc(C)cc(C)c2n1. The second-order valence-electron chi connectivity index (χ2n) is 4.69. The van der Waals surface area contributed by atoms with E-state index in [2.05, 4.69) is 56.3 Å². The lowest BCUT2D eigenvalue weighted by Gasteiger charge is -2.03. The van der Waals surface area contributed by atoms with Gasteiger partial charge in [0.2, 0.25) is 5.95 Å². The van der Waals surface area contributed by atoms with Gasteiger partial charge in [0.1, 0.15) is 5.52 Å². The zero-order valence-corrected chi connectivity index (χ0v) is 15.6. The minimum Gasteiger partial charge on any atom is -0.356 e. The number of aromatic nitrogens is 3. The molecule has 0 amide bonds. The van der Waals surface area contributed by atoms with Gasteiger partial charge in [0.25, 0.3) is 0 Å². The van der Waals surface area contributed by atoms with Crippen LogP contribution in [0.3, 0.4) is 0 Å². The van der Waals surface area contributed by atoms with Gasteiger partial charge in [0, 0.05) is 7.05 Å². The number of nitrogens with one attached hydrogen (secondary N) is 1. The van der Waals surface area contributed by atoms with Crippen molar-refractivity contribution in [2.24, 2.45) is 0 Å². The van der Waals surface area contributed by atoms with E-state index in [0.717, 1.165) is 16.6 Å². The van der Waals surface area contributed by atoms with Crippen LogP contribution >= 0.6 is 15.9 Å². The van der Waals surface area contributed by atoms with Gasteiger partial charge in [-0.05, 0) is 36.9 Å². The number of hydrogen-bond acceptors (Lipinski definition) is 4. The number of anilines is 1. The minimum atomic E-state index is 0.560. The van der Waals surface area contributed by atoms with E-state index in [1.807, 2.05) is 25.7 Å². The van der Waals surface area contributed by atoms with Gasteiger partial charge in [-0.25, -0.2) is 4.98 Å². The third-order valence-corrected chi connectivity index (χ3v) is 2.83. The van der Waals surface area contributed by atoms with Crippen LogP contribution in [-0.2, 0) is 0 Å². The van der Waals surface area contributed by atoms with E-state index in [1.165, 1.54) is 24.8 Å². The third kappa shape index (κ3) is 6.85. The van der Waals surface area contributed by atoms with Gasteiger partial charge in [-0.1, -0.05) is 55.1 Å². The summed E-state index contributed by atoms with van der Waals surface area (Å²) in [6.45, 7) is 8.50. The van der Waals surface area contributed by atoms with Crippen molar-refractivity contribution in [1.82, 2.24) is 15.2 Å². The first-order chi connectivity index (χ1) is 10.1. The van der Waals surface area contributed by atoms with E-state index in [0.29, 0.717) is 5.95 Å². The number of alkyl halides is 1. The first-order valence-corrected chi connectivity index (χ1v) is 8.88. The summed E-state index contributed by atoms with van der Waals surface area (Å²) in [6.07, 6.45) is 4.08. The van der Waals surface area contributed by atoms with Crippen LogP contribution in [0, 0.1) is 13.8 Å². The molecule has 1 N–H and O–H groups in total. The van der Waals surface area contributed by atoms with Gasteiger partial charge in [-0.2, -0.15) is 0 Å². The summed E-state index contributed by atoms with van der Waals surface area (Å²) in [6, 6.07) is 4.08. The molecule has 4 nitrogen and oxygen atoms in total. The van der Waals surface area contributed by atoms with Crippen molar-refractivity contribution in [2.75, 3.05) is 18.2 Å². The summed E-state index contributed by atoms with van der Waals surface area (Å²) in [7, 11) is 1.78. The third-order valence-electron chi connectivity index (χ3n) is 2.83. The molecule has 0 saturated heterocycles. The van der Waals surface area contributed by atoms with Crippen LogP contribution < -0.4 is 5.32 Å². The van der Waals surface area contributed by atoms with Crippen LogP contribution in [0.1, 0.15) is 44.2 Å². The average Bonchev–Trinajstić information content (AvgIpc) is 2.50. The second kappa shape index (κ2) is 11.4. The van der Waals surface area contributed by atoms with E-state index in [9.17, 15) is 0 Å². The molecule has 0 spiro atoms. The Morgan fingerprint density at radius 3 is 2.14 bits per heavy atom. The van der Waals surface area contributed by atoms with Gasteiger partial charge in [0.15, 0.2) is 0 Å². The Morgan fingerprint density at radius 1 is 1.05 bits per heavy atom. The van der Waals surface area contributed by atoms with Crippen LogP contribution in [0.5, 0.6) is 0 Å². The van der Waals surface area contributed by atoms with E-state index in [-0.39, 0.29) is 0 Å². The molecule has 21 heavy (non-hydrogen) atoms. The normalized spacial score (nSPS) is 9.29. The lowest BCUT2D eigenvalue weighted by molar-refractivity contribution is 0.772. The minimum absolute atomic E-state index is 0.560. The summed E-state index contributed by atoms with van der Waals surface area (Å²) in [5.74, 6) is 2.37. The predicted molar refractivity (Wildman–Crippen MR) is 96.4 cm³/mol. The monoisotopic (exact) mass is 354 g/mol. The Labute approximate surface area is 136 Å². The lowest BCUT2D eigenvalue weighted by Crippen LogP contribution is -1.99. The summed E-state index contributed by atoms with van der Waals surface area (Å²) in [5.41, 5.74) is 4.08. The van der Waals surface area contributed by atoms with Crippen LogP contribution in [0.2, 0.25) is 0 Å². The Kier molecular flexibility index (Phi) is 10.8. The molecule has 118 valence electrons. The number of fused-ring (bicyclic) bond motifs is 1. The Morgan fingerprint density at radius 2 is 1.67 bits per heavy atom. The van der Waals surface area contributed by atoms with Crippen molar-refractivity contribution in [2.45, 2.75) is 47.0 Å². The molecule has 1 aromatic heterocycles. The van der Waals surface area contributed by atoms with Gasteiger partial charge >= 0.3 is 0 Å². The van der Waals surface area contributed by atoms with Crippen molar-refractivity contribution < 1.29 is 0 Å². The summed E-state index contributed by atoms with van der Waals surface area (Å²) in [5, 5.41) is 10.9. The first kappa shape index (κ1) is 19.8. The van der Waals surface area contributed by atoms with Crippen molar-refractivity contribution in [3.8, 4) is 0 Å². The molecule has 1 heterocycles. The number of nitrogens with zero attached hydrogens (tertiary/aromatic N) is 3. The van der Waals surface area contributed by atoms with Crippen molar-refractivity contribution >= 4 is 32.9 Å². The highest BCUT2D eigenvalue weighted by molar-refractivity contribution is 9.08. The molecule has 0 bridgehead atoms. The molecule has 0 aliphatic heterocycles. The van der Waals surface area contributed by atoms with Gasteiger partial charge < -0.3 is 5.32 Å². The van der Waals surface area contributed by atoms with Crippen molar-refractivity contribution in [3.63, 3.8) is 0 Å². The fourth-order valence-electron chi connectivity index (χ4n) is 1.85. The van der Waals surface area contributed by atoms with Crippen LogP contribution in [0.4, 0.5) is 5.95 Å². The molecule has 0 radical (unpaired) electrons. The van der Waals surface area contributed by atoms with E-state index >= 15 is 0 Å². The maximum Gasteiger partial charge on any atom is 0.243 e. The number of halogens is 1. The van der Waals surface area contributed by atoms with Crippen LogP contribution in [0.15, 0.2) is 12.1 Å². The summed E-state index contributed by atoms with van der Waals surface area (Å²) < 4.78 is 0. The molecule has 0 fully saturated rings. The maximum atomic E-state index is 4.35. The van der Waals surface area contributed by atoms with Gasteiger partial charge in [0.05, 0.1) is 5.52 Å². The molecule has 2 rings (SSSR count). The number of unbranched alkanes of at least 4 members (excludes halogenated alkanes) is 2. The molecule has 0 aliphatic carbocycles. The molecule has 0 atom stereocenters. The number of hydrogen-bond donors (Lipinski definition) is 1. The van der Waals surface area contributed by atoms with E-state index in [1.54, 1.807) is 7.05 Å². The van der Waals surface area contributed by atoms with Crippen LogP contribution in [-0.4, -0.2) is 28.1 Å². The fraction of sp³-hybridized carbons (Fsp3) is 0.562. The summed E-state index contributed by atoms with van der Waals surface area (Å²) in [4.78, 5) is 4.35. The summed E-state index contributed by atoms with van der Waals surface area (Å²) >= 11 is 2.94. The number of aryl methyl sites for hydroxylation is 2. The van der Waals surface area contributed by atoms with E-state index < -0.39 is 0 Å². The maximum absolute atomic E-state index is 4.35. The quantitative estimate of drug-likeness (QED) is 0.797. The van der Waals surface area contributed by atoms with Crippen molar-refractivity contribution in [3.05, 3.63) is 23.3 Å². The molecule has 0 unspecified atom stereocenters. The zero-order valence-electron chi connectivity index (χ0n) is 14.0. The number of benzene rings is 1. The molecular formula is C16H27BrN4. The second-order valence-corrected chi connectivity index (χ2v) is 4.69. The smallest absolute Gasteiger partial charge is 0.243 e. The Hall–Kier alpha value is -1.23.